The molecule has 142 valence electrons. The quantitative estimate of drug-likeness (QED) is 0.676. The van der Waals surface area contributed by atoms with Crippen molar-refractivity contribution in [2.24, 2.45) is 5.73 Å². The van der Waals surface area contributed by atoms with Crippen LogP contribution in [-0.4, -0.2) is 23.9 Å². The van der Waals surface area contributed by atoms with Crippen molar-refractivity contribution in [2.75, 3.05) is 5.32 Å². The monoisotopic (exact) mass is 389 g/mol. The molecular weight excluding hydrogens is 370 g/mol. The van der Waals surface area contributed by atoms with Crippen LogP contribution in [0.3, 0.4) is 0 Å². The zero-order valence-electron chi connectivity index (χ0n) is 14.7. The van der Waals surface area contributed by atoms with Crippen molar-refractivity contribution in [2.45, 2.75) is 26.0 Å². The molecule has 8 heteroatoms. The van der Waals surface area contributed by atoms with E-state index in [0.29, 0.717) is 10.7 Å². The maximum absolute atomic E-state index is 12.5. The minimum absolute atomic E-state index is 0.0327. The van der Waals surface area contributed by atoms with Crippen LogP contribution in [0.25, 0.3) is 0 Å². The first kappa shape index (κ1) is 20.3. The normalized spacial score (nSPS) is 11.3. The van der Waals surface area contributed by atoms with Crippen LogP contribution < -0.4 is 16.4 Å². The maximum atomic E-state index is 12.5. The molecule has 2 rings (SSSR count). The third-order valence-corrected chi connectivity index (χ3v) is 3.92. The van der Waals surface area contributed by atoms with Gasteiger partial charge in [0.05, 0.1) is 6.42 Å². The largest absolute Gasteiger partial charge is 0.445 e. The molecule has 0 saturated carbocycles. The second kappa shape index (κ2) is 9.59. The third kappa shape index (κ3) is 6.63. The van der Waals surface area contributed by atoms with Crippen molar-refractivity contribution in [3.05, 3.63) is 64.7 Å². The van der Waals surface area contributed by atoms with Gasteiger partial charge in [-0.3, -0.25) is 9.59 Å². The molecule has 0 aromatic heterocycles. The molecular formula is C19H20ClN3O4. The predicted octanol–water partition coefficient (Wildman–Crippen LogP) is 2.76. The second-order valence-electron chi connectivity index (χ2n) is 5.88. The van der Waals surface area contributed by atoms with Gasteiger partial charge in [-0.15, -0.1) is 0 Å². The SMILES string of the molecule is Cc1ccc(Cl)cc1NC(=O)[C@@H](CC(N)=O)NC(=O)OCc1ccccc1. The van der Waals surface area contributed by atoms with Gasteiger partial charge in [0.15, 0.2) is 0 Å². The highest BCUT2D eigenvalue weighted by Crippen LogP contribution is 2.20. The van der Waals surface area contributed by atoms with Crippen LogP contribution in [0, 0.1) is 6.92 Å². The molecule has 0 spiro atoms. The smallest absolute Gasteiger partial charge is 0.408 e. The molecule has 3 amide bonds. The first-order chi connectivity index (χ1) is 12.8. The molecule has 0 radical (unpaired) electrons. The number of rotatable bonds is 7. The Morgan fingerprint density at radius 2 is 1.85 bits per heavy atom. The Labute approximate surface area is 161 Å². The standard InChI is InChI=1S/C19H20ClN3O4/c1-12-7-8-14(20)9-15(12)22-18(25)16(10-17(21)24)23-19(26)27-11-13-5-3-2-4-6-13/h2-9,16H,10-11H2,1H3,(H2,21,24)(H,22,25)(H,23,26)/t16-/m1/s1. The third-order valence-electron chi connectivity index (χ3n) is 3.68. The second-order valence-corrected chi connectivity index (χ2v) is 6.31. The zero-order valence-corrected chi connectivity index (χ0v) is 15.5. The highest BCUT2D eigenvalue weighted by atomic mass is 35.5. The zero-order chi connectivity index (χ0) is 19.8. The van der Waals surface area contributed by atoms with Gasteiger partial charge in [0.2, 0.25) is 11.8 Å². The lowest BCUT2D eigenvalue weighted by molar-refractivity contribution is -0.123. The molecule has 0 aliphatic heterocycles. The van der Waals surface area contributed by atoms with Crippen LogP contribution in [0.1, 0.15) is 17.5 Å². The van der Waals surface area contributed by atoms with Gasteiger partial charge in [0.1, 0.15) is 12.6 Å². The minimum atomic E-state index is -1.18. The molecule has 27 heavy (non-hydrogen) atoms. The summed E-state index contributed by atoms with van der Waals surface area (Å²) in [4.78, 5) is 35.8. The lowest BCUT2D eigenvalue weighted by atomic mass is 10.1. The summed E-state index contributed by atoms with van der Waals surface area (Å²) in [6, 6.07) is 12.9. The van der Waals surface area contributed by atoms with Crippen LogP contribution in [-0.2, 0) is 20.9 Å². The number of nitrogens with one attached hydrogen (secondary N) is 2. The first-order valence-electron chi connectivity index (χ1n) is 8.17. The average molecular weight is 390 g/mol. The van der Waals surface area contributed by atoms with Crippen LogP contribution in [0.5, 0.6) is 0 Å². The average Bonchev–Trinajstić information content (AvgIpc) is 2.63. The van der Waals surface area contributed by atoms with E-state index < -0.39 is 23.9 Å². The predicted molar refractivity (Wildman–Crippen MR) is 102 cm³/mol. The summed E-state index contributed by atoms with van der Waals surface area (Å²) in [5.41, 5.74) is 7.23. The van der Waals surface area contributed by atoms with E-state index in [-0.39, 0.29) is 13.0 Å². The topological polar surface area (TPSA) is 111 Å². The number of hydrogen-bond donors (Lipinski definition) is 3. The lowest BCUT2D eigenvalue weighted by Gasteiger charge is -2.18. The van der Waals surface area contributed by atoms with E-state index in [1.54, 1.807) is 37.3 Å². The molecule has 0 heterocycles. The summed E-state index contributed by atoms with van der Waals surface area (Å²) >= 11 is 5.93. The number of carbonyl (C=O) groups excluding carboxylic acids is 3. The number of halogens is 1. The number of ether oxygens (including phenoxy) is 1. The van der Waals surface area contributed by atoms with Crippen LogP contribution in [0.15, 0.2) is 48.5 Å². The number of aryl methyl sites for hydroxylation is 1. The number of anilines is 1. The van der Waals surface area contributed by atoms with Crippen LogP contribution >= 0.6 is 11.6 Å². The van der Waals surface area contributed by atoms with Crippen molar-refractivity contribution in [1.29, 1.82) is 0 Å². The van der Waals surface area contributed by atoms with Crippen LogP contribution in [0.2, 0.25) is 5.02 Å². The molecule has 2 aromatic carbocycles. The summed E-state index contributed by atoms with van der Waals surface area (Å²) in [6.45, 7) is 1.82. The molecule has 0 aliphatic rings. The lowest BCUT2D eigenvalue weighted by Crippen LogP contribution is -2.46. The van der Waals surface area contributed by atoms with E-state index >= 15 is 0 Å². The number of benzene rings is 2. The van der Waals surface area contributed by atoms with Crippen LogP contribution in [0.4, 0.5) is 10.5 Å². The van der Waals surface area contributed by atoms with E-state index in [2.05, 4.69) is 10.6 Å². The van der Waals surface area contributed by atoms with E-state index in [4.69, 9.17) is 22.1 Å². The number of primary amides is 1. The maximum Gasteiger partial charge on any atom is 0.408 e. The fourth-order valence-corrected chi connectivity index (χ4v) is 2.44. The Bertz CT molecular complexity index is 827. The Balaban J connectivity index is 2.00. The van der Waals surface area contributed by atoms with E-state index in [0.717, 1.165) is 11.1 Å². The van der Waals surface area contributed by atoms with Gasteiger partial charge in [0.25, 0.3) is 0 Å². The highest BCUT2D eigenvalue weighted by molar-refractivity contribution is 6.31. The van der Waals surface area contributed by atoms with Crippen molar-refractivity contribution in [1.82, 2.24) is 5.32 Å². The van der Waals surface area contributed by atoms with Gasteiger partial charge in [0, 0.05) is 10.7 Å². The molecule has 1 atom stereocenters. The molecule has 0 unspecified atom stereocenters. The van der Waals surface area contributed by atoms with Gasteiger partial charge in [-0.1, -0.05) is 48.0 Å². The Morgan fingerprint density at radius 1 is 1.15 bits per heavy atom. The molecule has 0 saturated heterocycles. The molecule has 4 N–H and O–H groups in total. The minimum Gasteiger partial charge on any atom is -0.445 e. The van der Waals surface area contributed by atoms with Gasteiger partial charge < -0.3 is 21.1 Å². The number of nitrogens with two attached hydrogens (primary N) is 1. The molecule has 2 aromatic rings. The molecule has 7 nitrogen and oxygen atoms in total. The summed E-state index contributed by atoms with van der Waals surface area (Å²) in [7, 11) is 0. The van der Waals surface area contributed by atoms with Gasteiger partial charge in [-0.2, -0.15) is 0 Å². The summed E-state index contributed by atoms with van der Waals surface area (Å²) < 4.78 is 5.08. The Kier molecular flexibility index (Phi) is 7.19. The summed E-state index contributed by atoms with van der Waals surface area (Å²) in [6.07, 6.45) is -1.20. The fraction of sp³-hybridized carbons (Fsp3) is 0.211. The van der Waals surface area contributed by atoms with E-state index in [9.17, 15) is 14.4 Å². The number of hydrogen-bond acceptors (Lipinski definition) is 4. The van der Waals surface area contributed by atoms with Crippen molar-refractivity contribution < 1.29 is 19.1 Å². The van der Waals surface area contributed by atoms with Crippen molar-refractivity contribution in [3.8, 4) is 0 Å². The molecule has 0 aliphatic carbocycles. The van der Waals surface area contributed by atoms with Gasteiger partial charge >= 0.3 is 6.09 Å². The van der Waals surface area contributed by atoms with Crippen molar-refractivity contribution in [3.63, 3.8) is 0 Å². The molecule has 0 fully saturated rings. The Morgan fingerprint density at radius 3 is 2.52 bits per heavy atom. The van der Waals surface area contributed by atoms with Gasteiger partial charge in [-0.25, -0.2) is 4.79 Å². The first-order valence-corrected chi connectivity index (χ1v) is 8.55. The van der Waals surface area contributed by atoms with Gasteiger partial charge in [-0.05, 0) is 30.2 Å². The fourth-order valence-electron chi connectivity index (χ4n) is 2.27. The highest BCUT2D eigenvalue weighted by Gasteiger charge is 2.24. The van der Waals surface area contributed by atoms with Crippen molar-refractivity contribution >= 4 is 35.2 Å². The Hall–Kier alpha value is -3.06. The molecule has 0 bridgehead atoms. The summed E-state index contributed by atoms with van der Waals surface area (Å²) in [5, 5.41) is 5.44. The summed E-state index contributed by atoms with van der Waals surface area (Å²) in [5.74, 6) is -1.34. The number of carbonyl (C=O) groups is 3. The van der Waals surface area contributed by atoms with E-state index in [1.807, 2.05) is 18.2 Å². The number of alkyl carbamates (subject to hydrolysis) is 1. The van der Waals surface area contributed by atoms with E-state index in [1.165, 1.54) is 0 Å². The number of amides is 3.